The summed E-state index contributed by atoms with van der Waals surface area (Å²) in [6.45, 7) is 4.54. The zero-order chi connectivity index (χ0) is 14.7. The summed E-state index contributed by atoms with van der Waals surface area (Å²) in [6, 6.07) is 5.41. The number of likely N-dealkylation sites (N-methyl/N-ethyl adjacent to an activating group) is 1. The van der Waals surface area contributed by atoms with Gasteiger partial charge >= 0.3 is 0 Å². The van der Waals surface area contributed by atoms with Crippen LogP contribution in [0.15, 0.2) is 18.2 Å². The summed E-state index contributed by atoms with van der Waals surface area (Å²) in [5.74, 6) is 0.102. The molecule has 0 radical (unpaired) electrons. The van der Waals surface area contributed by atoms with E-state index in [1.807, 2.05) is 30.0 Å². The van der Waals surface area contributed by atoms with Crippen LogP contribution in [-0.2, 0) is 9.59 Å². The Labute approximate surface area is 119 Å². The molecule has 108 valence electrons. The van der Waals surface area contributed by atoms with Gasteiger partial charge in [0.15, 0.2) is 0 Å². The molecule has 2 amide bonds. The molecule has 0 spiro atoms. The molecule has 1 atom stereocenters. The highest BCUT2D eigenvalue weighted by Crippen LogP contribution is 2.27. The Morgan fingerprint density at radius 1 is 1.40 bits per heavy atom. The lowest BCUT2D eigenvalue weighted by molar-refractivity contribution is -0.118. The number of nitrogens with zero attached hydrogens (tertiary/aromatic N) is 1. The van der Waals surface area contributed by atoms with Crippen molar-refractivity contribution in [3.8, 4) is 0 Å². The quantitative estimate of drug-likeness (QED) is 0.878. The summed E-state index contributed by atoms with van der Waals surface area (Å²) in [7, 11) is 1.75. The number of amides is 2. The van der Waals surface area contributed by atoms with Gasteiger partial charge in [0.1, 0.15) is 0 Å². The normalized spacial score (nSPS) is 16.4. The number of anilines is 2. The highest BCUT2D eigenvalue weighted by molar-refractivity contribution is 5.97. The van der Waals surface area contributed by atoms with E-state index in [0.29, 0.717) is 6.42 Å². The first-order valence-electron chi connectivity index (χ1n) is 6.92. The van der Waals surface area contributed by atoms with Crippen LogP contribution in [0.4, 0.5) is 11.4 Å². The van der Waals surface area contributed by atoms with Crippen molar-refractivity contribution in [2.45, 2.75) is 32.7 Å². The maximum atomic E-state index is 11.8. The molecular formula is C15H21N3O2. The molecule has 1 unspecified atom stereocenters. The molecule has 20 heavy (non-hydrogen) atoms. The van der Waals surface area contributed by atoms with Gasteiger partial charge in [0.25, 0.3) is 0 Å². The fourth-order valence-electron chi connectivity index (χ4n) is 2.32. The van der Waals surface area contributed by atoms with Crippen molar-refractivity contribution in [2.75, 3.05) is 23.8 Å². The number of hydrogen-bond donors (Lipinski definition) is 2. The van der Waals surface area contributed by atoms with Crippen molar-refractivity contribution in [3.05, 3.63) is 23.8 Å². The molecule has 1 aliphatic heterocycles. The van der Waals surface area contributed by atoms with E-state index in [2.05, 4.69) is 10.6 Å². The zero-order valence-electron chi connectivity index (χ0n) is 12.2. The summed E-state index contributed by atoms with van der Waals surface area (Å²) in [5, 5.41) is 5.75. The number of nitrogens with one attached hydrogen (secondary N) is 2. The third kappa shape index (κ3) is 2.99. The summed E-state index contributed by atoms with van der Waals surface area (Å²) in [6.07, 6.45) is 1.54. The molecule has 5 nitrogen and oxygen atoms in total. The molecule has 1 aromatic rings. The second-order valence-electron chi connectivity index (χ2n) is 5.15. The standard InChI is InChI=1S/C15H21N3O2/c1-10-9-12(17-15(20)11(2)16-3)6-7-13(10)18-8-4-5-14(18)19/h6-7,9,11,16H,4-5,8H2,1-3H3,(H,17,20). The number of benzene rings is 1. The van der Waals surface area contributed by atoms with Crippen LogP contribution in [0, 0.1) is 6.92 Å². The largest absolute Gasteiger partial charge is 0.325 e. The summed E-state index contributed by atoms with van der Waals surface area (Å²) in [5.41, 5.74) is 2.69. The van der Waals surface area contributed by atoms with E-state index < -0.39 is 0 Å². The molecule has 0 bridgehead atoms. The van der Waals surface area contributed by atoms with Crippen LogP contribution in [0.25, 0.3) is 0 Å². The molecule has 5 heteroatoms. The molecular weight excluding hydrogens is 254 g/mol. The summed E-state index contributed by atoms with van der Waals surface area (Å²) in [4.78, 5) is 25.4. The van der Waals surface area contributed by atoms with Gasteiger partial charge in [-0.15, -0.1) is 0 Å². The minimum absolute atomic E-state index is 0.0723. The fourth-order valence-corrected chi connectivity index (χ4v) is 2.32. The molecule has 0 saturated carbocycles. The van der Waals surface area contributed by atoms with Crippen molar-refractivity contribution in [1.82, 2.24) is 5.32 Å². The second-order valence-corrected chi connectivity index (χ2v) is 5.15. The van der Waals surface area contributed by atoms with Crippen LogP contribution in [-0.4, -0.2) is 31.4 Å². The van der Waals surface area contributed by atoms with E-state index in [1.54, 1.807) is 14.0 Å². The summed E-state index contributed by atoms with van der Waals surface area (Å²) >= 11 is 0. The van der Waals surface area contributed by atoms with E-state index in [1.165, 1.54) is 0 Å². The molecule has 0 aliphatic carbocycles. The Kier molecular flexibility index (Phi) is 4.39. The first-order valence-corrected chi connectivity index (χ1v) is 6.92. The summed E-state index contributed by atoms with van der Waals surface area (Å²) < 4.78 is 0. The average molecular weight is 275 g/mol. The Bertz CT molecular complexity index is 528. The molecule has 1 saturated heterocycles. The second kappa shape index (κ2) is 6.05. The van der Waals surface area contributed by atoms with Crippen molar-refractivity contribution >= 4 is 23.2 Å². The molecule has 1 aliphatic rings. The van der Waals surface area contributed by atoms with Gasteiger partial charge in [-0.05, 0) is 51.1 Å². The van der Waals surface area contributed by atoms with Crippen LogP contribution in [0.3, 0.4) is 0 Å². The third-order valence-electron chi connectivity index (χ3n) is 3.65. The van der Waals surface area contributed by atoms with Gasteiger partial charge in [-0.25, -0.2) is 0 Å². The molecule has 0 aromatic heterocycles. The van der Waals surface area contributed by atoms with Crippen LogP contribution in [0.5, 0.6) is 0 Å². The maximum Gasteiger partial charge on any atom is 0.241 e. The Hall–Kier alpha value is -1.88. The Balaban J connectivity index is 2.13. The lowest BCUT2D eigenvalue weighted by atomic mass is 10.1. The number of hydrogen-bond acceptors (Lipinski definition) is 3. The van der Waals surface area contributed by atoms with Gasteiger partial charge in [0, 0.05) is 24.3 Å². The molecule has 2 rings (SSSR count). The first kappa shape index (κ1) is 14.5. The smallest absolute Gasteiger partial charge is 0.241 e. The minimum atomic E-state index is -0.241. The van der Waals surface area contributed by atoms with Gasteiger partial charge in [0.2, 0.25) is 11.8 Å². The van der Waals surface area contributed by atoms with Crippen LogP contribution < -0.4 is 15.5 Å². The molecule has 1 aromatic carbocycles. The fraction of sp³-hybridized carbons (Fsp3) is 0.467. The zero-order valence-corrected chi connectivity index (χ0v) is 12.2. The molecule has 2 N–H and O–H groups in total. The minimum Gasteiger partial charge on any atom is -0.325 e. The highest BCUT2D eigenvalue weighted by atomic mass is 16.2. The monoisotopic (exact) mass is 275 g/mol. The number of carbonyl (C=O) groups excluding carboxylic acids is 2. The maximum absolute atomic E-state index is 11.8. The number of rotatable bonds is 4. The SMILES string of the molecule is CNC(C)C(=O)Nc1ccc(N2CCCC2=O)c(C)c1. The van der Waals surface area contributed by atoms with Crippen molar-refractivity contribution in [2.24, 2.45) is 0 Å². The van der Waals surface area contributed by atoms with Gasteiger partial charge in [-0.1, -0.05) is 0 Å². The van der Waals surface area contributed by atoms with Gasteiger partial charge in [-0.2, -0.15) is 0 Å². The van der Waals surface area contributed by atoms with E-state index in [-0.39, 0.29) is 17.9 Å². The van der Waals surface area contributed by atoms with E-state index in [9.17, 15) is 9.59 Å². The average Bonchev–Trinajstić information content (AvgIpc) is 2.84. The van der Waals surface area contributed by atoms with Crippen LogP contribution in [0.2, 0.25) is 0 Å². The van der Waals surface area contributed by atoms with E-state index in [0.717, 1.165) is 29.9 Å². The van der Waals surface area contributed by atoms with Gasteiger partial charge in [0.05, 0.1) is 6.04 Å². The molecule has 1 fully saturated rings. The van der Waals surface area contributed by atoms with E-state index >= 15 is 0 Å². The van der Waals surface area contributed by atoms with Crippen molar-refractivity contribution in [3.63, 3.8) is 0 Å². The third-order valence-corrected chi connectivity index (χ3v) is 3.65. The molecule has 1 heterocycles. The predicted octanol–water partition coefficient (Wildman–Crippen LogP) is 1.67. The first-order chi connectivity index (χ1) is 9.52. The number of aryl methyl sites for hydroxylation is 1. The topological polar surface area (TPSA) is 61.4 Å². The van der Waals surface area contributed by atoms with Crippen LogP contribution >= 0.6 is 0 Å². The Morgan fingerprint density at radius 2 is 2.15 bits per heavy atom. The predicted molar refractivity (Wildman–Crippen MR) is 79.9 cm³/mol. The van der Waals surface area contributed by atoms with Gasteiger partial charge in [-0.3, -0.25) is 9.59 Å². The highest BCUT2D eigenvalue weighted by Gasteiger charge is 2.23. The van der Waals surface area contributed by atoms with Crippen molar-refractivity contribution in [1.29, 1.82) is 0 Å². The van der Waals surface area contributed by atoms with Crippen LogP contribution in [0.1, 0.15) is 25.3 Å². The number of carbonyl (C=O) groups is 2. The van der Waals surface area contributed by atoms with E-state index in [4.69, 9.17) is 0 Å². The van der Waals surface area contributed by atoms with Crippen molar-refractivity contribution < 1.29 is 9.59 Å². The van der Waals surface area contributed by atoms with Gasteiger partial charge < -0.3 is 15.5 Å². The lowest BCUT2D eigenvalue weighted by Crippen LogP contribution is -2.35. The lowest BCUT2D eigenvalue weighted by Gasteiger charge is -2.19. The Morgan fingerprint density at radius 3 is 2.70 bits per heavy atom.